The van der Waals surface area contributed by atoms with Gasteiger partial charge in [0.15, 0.2) is 0 Å². The molecule has 1 saturated carbocycles. The molecule has 1 aromatic heterocycles. The highest BCUT2D eigenvalue weighted by atomic mass is 32.2. The Morgan fingerprint density at radius 2 is 2.16 bits per heavy atom. The topological polar surface area (TPSA) is 58.2 Å². The van der Waals surface area contributed by atoms with Gasteiger partial charge in [-0.2, -0.15) is 0 Å². The lowest BCUT2D eigenvalue weighted by atomic mass is 10.3. The molecule has 1 aromatic rings. The fourth-order valence-electron chi connectivity index (χ4n) is 1.88. The van der Waals surface area contributed by atoms with E-state index in [9.17, 15) is 8.42 Å². The fraction of sp³-hybridized carbons (Fsp3) is 0.692. The zero-order valence-corrected chi connectivity index (χ0v) is 13.3. The molecule has 0 saturated heterocycles. The Morgan fingerprint density at radius 1 is 1.47 bits per heavy atom. The molecule has 2 rings (SSSR count). The Balaban J connectivity index is 1.92. The fourth-order valence-corrected chi connectivity index (χ4v) is 4.23. The third-order valence-electron chi connectivity index (χ3n) is 3.42. The van der Waals surface area contributed by atoms with Crippen LogP contribution in [-0.4, -0.2) is 21.0 Å². The van der Waals surface area contributed by atoms with Crippen molar-refractivity contribution in [3.63, 3.8) is 0 Å². The van der Waals surface area contributed by atoms with Crippen LogP contribution in [0.5, 0.6) is 0 Å². The van der Waals surface area contributed by atoms with Gasteiger partial charge in [-0.05, 0) is 35.3 Å². The van der Waals surface area contributed by atoms with Gasteiger partial charge in [0.2, 0.25) is 10.0 Å². The second kappa shape index (κ2) is 5.91. The van der Waals surface area contributed by atoms with Crippen molar-refractivity contribution in [2.45, 2.75) is 44.0 Å². The number of rotatable bonds is 7. The summed E-state index contributed by atoms with van der Waals surface area (Å²) < 4.78 is 27.3. The molecule has 0 aliphatic heterocycles. The van der Waals surface area contributed by atoms with Gasteiger partial charge in [-0.25, -0.2) is 13.1 Å². The van der Waals surface area contributed by atoms with Gasteiger partial charge >= 0.3 is 0 Å². The van der Waals surface area contributed by atoms with E-state index in [4.69, 9.17) is 0 Å². The predicted molar refractivity (Wildman–Crippen MR) is 78.8 cm³/mol. The monoisotopic (exact) mass is 302 g/mol. The maximum Gasteiger partial charge on any atom is 0.250 e. The zero-order valence-electron chi connectivity index (χ0n) is 11.6. The molecule has 1 aliphatic carbocycles. The second-order valence-corrected chi connectivity index (χ2v) is 8.54. The number of hydrogen-bond acceptors (Lipinski definition) is 4. The minimum absolute atomic E-state index is 0.398. The summed E-state index contributed by atoms with van der Waals surface area (Å²) in [6, 6.07) is 2.16. The minimum atomic E-state index is -3.32. The summed E-state index contributed by atoms with van der Waals surface area (Å²) in [6.07, 6.45) is 1.14. The van der Waals surface area contributed by atoms with Gasteiger partial charge in [0, 0.05) is 19.1 Å². The minimum Gasteiger partial charge on any atom is -0.310 e. The van der Waals surface area contributed by atoms with E-state index in [0.29, 0.717) is 35.2 Å². The summed E-state index contributed by atoms with van der Waals surface area (Å²) in [5.74, 6) is 1.19. The number of sulfonamides is 1. The Labute approximate surface area is 119 Å². The molecule has 2 N–H and O–H groups in total. The van der Waals surface area contributed by atoms with Gasteiger partial charge in [0.05, 0.1) is 0 Å². The van der Waals surface area contributed by atoms with E-state index in [1.54, 1.807) is 6.07 Å². The van der Waals surface area contributed by atoms with Gasteiger partial charge in [-0.15, -0.1) is 11.3 Å². The molecule has 19 heavy (non-hydrogen) atoms. The van der Waals surface area contributed by atoms with Crippen molar-refractivity contribution >= 4 is 21.4 Å². The van der Waals surface area contributed by atoms with Gasteiger partial charge in [0.1, 0.15) is 4.21 Å². The maximum atomic E-state index is 12.1. The first-order valence-corrected chi connectivity index (χ1v) is 9.05. The van der Waals surface area contributed by atoms with E-state index in [1.165, 1.54) is 11.3 Å². The van der Waals surface area contributed by atoms with Crippen LogP contribution in [0.2, 0.25) is 0 Å². The molecule has 1 fully saturated rings. The van der Waals surface area contributed by atoms with Gasteiger partial charge in [0.25, 0.3) is 0 Å². The van der Waals surface area contributed by atoms with Crippen LogP contribution >= 0.6 is 11.3 Å². The zero-order chi connectivity index (χ0) is 14.0. The molecule has 0 bridgehead atoms. The van der Waals surface area contributed by atoms with Crippen molar-refractivity contribution in [1.29, 1.82) is 0 Å². The Bertz CT molecular complexity index is 523. The first kappa shape index (κ1) is 15.0. The van der Waals surface area contributed by atoms with Gasteiger partial charge < -0.3 is 5.32 Å². The number of thiophene rings is 1. The highest BCUT2D eigenvalue weighted by molar-refractivity contribution is 7.91. The number of hydrogen-bond donors (Lipinski definition) is 2. The quantitative estimate of drug-likeness (QED) is 0.811. The van der Waals surface area contributed by atoms with Crippen LogP contribution in [0.1, 0.15) is 32.8 Å². The van der Waals surface area contributed by atoms with Crippen molar-refractivity contribution in [1.82, 2.24) is 10.0 Å². The molecular formula is C13H22N2O2S2. The van der Waals surface area contributed by atoms with Crippen LogP contribution in [-0.2, 0) is 16.6 Å². The first-order valence-electron chi connectivity index (χ1n) is 6.69. The highest BCUT2D eigenvalue weighted by Crippen LogP contribution is 2.37. The number of nitrogens with one attached hydrogen (secondary N) is 2. The van der Waals surface area contributed by atoms with Crippen molar-refractivity contribution in [2.24, 2.45) is 11.8 Å². The lowest BCUT2D eigenvalue weighted by Gasteiger charge is -2.05. The predicted octanol–water partition coefficient (Wildman–Crippen LogP) is 2.18. The third kappa shape index (κ3) is 4.27. The normalized spacial score (nSPS) is 22.9. The van der Waals surface area contributed by atoms with Crippen LogP contribution in [0.4, 0.5) is 0 Å². The summed E-state index contributed by atoms with van der Waals surface area (Å²) in [6.45, 7) is 7.58. The maximum absolute atomic E-state index is 12.1. The standard InChI is InChI=1S/C13H22N2O2S2/c1-9(2)14-6-11-5-13(18-8-11)19(16,17)15-7-12-4-10(12)3/h5,8-10,12,14-15H,4,6-7H2,1-3H3. The summed E-state index contributed by atoms with van der Waals surface area (Å²) in [7, 11) is -3.32. The molecule has 0 radical (unpaired) electrons. The highest BCUT2D eigenvalue weighted by Gasteiger charge is 2.33. The molecule has 2 unspecified atom stereocenters. The largest absolute Gasteiger partial charge is 0.310 e. The average Bonchev–Trinajstić information content (AvgIpc) is 2.85. The van der Waals surface area contributed by atoms with Crippen molar-refractivity contribution < 1.29 is 8.42 Å². The van der Waals surface area contributed by atoms with E-state index in [1.807, 2.05) is 5.38 Å². The van der Waals surface area contributed by atoms with E-state index in [-0.39, 0.29) is 0 Å². The molecule has 1 aliphatic rings. The lowest BCUT2D eigenvalue weighted by molar-refractivity contribution is 0.576. The lowest BCUT2D eigenvalue weighted by Crippen LogP contribution is -2.25. The van der Waals surface area contributed by atoms with Gasteiger partial charge in [-0.1, -0.05) is 20.8 Å². The van der Waals surface area contributed by atoms with Gasteiger partial charge in [-0.3, -0.25) is 0 Å². The molecule has 0 aromatic carbocycles. The third-order valence-corrected chi connectivity index (χ3v) is 6.33. The van der Waals surface area contributed by atoms with Crippen molar-refractivity contribution in [3.8, 4) is 0 Å². The van der Waals surface area contributed by atoms with E-state index >= 15 is 0 Å². The van der Waals surface area contributed by atoms with Crippen LogP contribution in [0.15, 0.2) is 15.7 Å². The summed E-state index contributed by atoms with van der Waals surface area (Å²) in [4.78, 5) is 0. The molecule has 0 amide bonds. The molecular weight excluding hydrogens is 280 g/mol. The van der Waals surface area contributed by atoms with Crippen LogP contribution in [0.3, 0.4) is 0 Å². The van der Waals surface area contributed by atoms with Crippen LogP contribution in [0, 0.1) is 11.8 Å². The summed E-state index contributed by atoms with van der Waals surface area (Å²) in [5, 5.41) is 5.19. The van der Waals surface area contributed by atoms with Crippen molar-refractivity contribution in [3.05, 3.63) is 17.0 Å². The summed E-state index contributed by atoms with van der Waals surface area (Å²) >= 11 is 1.29. The van der Waals surface area contributed by atoms with E-state index in [2.05, 4.69) is 30.8 Å². The molecule has 2 atom stereocenters. The first-order chi connectivity index (χ1) is 8.88. The molecule has 0 spiro atoms. The molecule has 6 heteroatoms. The van der Waals surface area contributed by atoms with E-state index < -0.39 is 10.0 Å². The Hall–Kier alpha value is -0.430. The Kier molecular flexibility index (Phi) is 4.66. The summed E-state index contributed by atoms with van der Waals surface area (Å²) in [5.41, 5.74) is 1.03. The van der Waals surface area contributed by atoms with Crippen LogP contribution in [0.25, 0.3) is 0 Å². The van der Waals surface area contributed by atoms with Crippen molar-refractivity contribution in [2.75, 3.05) is 6.54 Å². The molecule has 1 heterocycles. The second-order valence-electron chi connectivity index (χ2n) is 5.63. The Morgan fingerprint density at radius 3 is 2.74 bits per heavy atom. The van der Waals surface area contributed by atoms with Crippen LogP contribution < -0.4 is 10.0 Å². The average molecular weight is 302 g/mol. The smallest absolute Gasteiger partial charge is 0.250 e. The molecule has 4 nitrogen and oxygen atoms in total. The SMILES string of the molecule is CC(C)NCc1csc(S(=O)(=O)NCC2CC2C)c1. The molecule has 108 valence electrons. The van der Waals surface area contributed by atoms with E-state index in [0.717, 1.165) is 12.0 Å².